The molecule has 0 atom stereocenters. The van der Waals surface area contributed by atoms with Crippen LogP contribution in [0.15, 0.2) is 28.5 Å². The molecule has 0 amide bonds. The lowest BCUT2D eigenvalue weighted by Gasteiger charge is -2.21. The fourth-order valence-electron chi connectivity index (χ4n) is 1.34. The van der Waals surface area contributed by atoms with E-state index >= 15 is 0 Å². The van der Waals surface area contributed by atoms with Gasteiger partial charge in [-0.2, -0.15) is 0 Å². The van der Waals surface area contributed by atoms with Crippen LogP contribution in [-0.4, -0.2) is 22.6 Å². The van der Waals surface area contributed by atoms with Crippen molar-refractivity contribution in [1.82, 2.24) is 4.42 Å². The van der Waals surface area contributed by atoms with Crippen molar-refractivity contribution >= 4 is 23.4 Å². The number of rotatable bonds is 0. The molecule has 0 saturated heterocycles. The van der Waals surface area contributed by atoms with Gasteiger partial charge in [-0.1, -0.05) is 0 Å². The molecule has 0 spiro atoms. The third kappa shape index (κ3) is 1.45. The third-order valence-electron chi connectivity index (χ3n) is 1.95. The van der Waals surface area contributed by atoms with Gasteiger partial charge in [-0.05, 0) is 6.08 Å². The summed E-state index contributed by atoms with van der Waals surface area (Å²) in [6.07, 6.45) is 3.56. The number of ketones is 1. The molecule has 0 radical (unpaired) electrons. The molecule has 0 aliphatic carbocycles. The van der Waals surface area contributed by atoms with E-state index in [9.17, 15) is 4.79 Å². The summed E-state index contributed by atoms with van der Waals surface area (Å²) in [4.78, 5) is 15.5. The number of Topliss-reactive ketones (excluding diaryl/α,β-unsaturated/α-hetero) is 1. The maximum atomic E-state index is 11.4. The van der Waals surface area contributed by atoms with Crippen LogP contribution in [0.25, 0.3) is 0 Å². The lowest BCUT2D eigenvalue weighted by molar-refractivity contribution is -0.114. The van der Waals surface area contributed by atoms with Crippen LogP contribution in [0.1, 0.15) is 6.42 Å². The molecule has 4 nitrogen and oxygen atoms in total. The molecule has 0 unspecified atom stereocenters. The van der Waals surface area contributed by atoms with Crippen LogP contribution in [0.4, 0.5) is 0 Å². The number of hydrogen-bond donors (Lipinski definition) is 1. The number of carbonyl (C=O) groups is 1. The Kier molecular flexibility index (Phi) is 1.84. The number of aliphatic imine (C=N–C) groups is 1. The predicted octanol–water partition coefficient (Wildman–Crippen LogP) is 0.554. The van der Waals surface area contributed by atoms with Crippen molar-refractivity contribution in [1.29, 1.82) is 0 Å². The Morgan fingerprint density at radius 3 is 3.15 bits per heavy atom. The van der Waals surface area contributed by atoms with Crippen LogP contribution in [-0.2, 0) is 4.79 Å². The van der Waals surface area contributed by atoms with Crippen molar-refractivity contribution in [2.75, 3.05) is 6.54 Å². The SMILES string of the molecule is NC1=NC2=C(CN(Cl)C=C2)C(=O)C1. The molecule has 0 aromatic carbocycles. The Labute approximate surface area is 80.5 Å². The highest BCUT2D eigenvalue weighted by molar-refractivity contribution is 6.16. The molecule has 2 N–H and O–H groups in total. The fraction of sp³-hybridized carbons (Fsp3) is 0.250. The van der Waals surface area contributed by atoms with Gasteiger partial charge in [0.2, 0.25) is 0 Å². The summed E-state index contributed by atoms with van der Waals surface area (Å²) in [5.41, 5.74) is 6.77. The molecule has 0 aromatic heterocycles. The summed E-state index contributed by atoms with van der Waals surface area (Å²) in [6, 6.07) is 0. The molecular weight excluding hydrogens is 190 g/mol. The summed E-state index contributed by atoms with van der Waals surface area (Å²) in [5.74, 6) is 0.383. The second-order valence-electron chi connectivity index (χ2n) is 2.94. The Balaban J connectivity index is 2.41. The molecule has 2 aliphatic rings. The number of nitrogens with two attached hydrogens (primary N) is 1. The summed E-state index contributed by atoms with van der Waals surface area (Å²) in [5, 5.41) is 0. The van der Waals surface area contributed by atoms with E-state index in [2.05, 4.69) is 4.99 Å². The molecule has 0 fully saturated rings. The Hall–Kier alpha value is -1.29. The monoisotopic (exact) mass is 197 g/mol. The summed E-state index contributed by atoms with van der Waals surface area (Å²) < 4.78 is 1.42. The minimum Gasteiger partial charge on any atom is -0.387 e. The van der Waals surface area contributed by atoms with Gasteiger partial charge in [0.1, 0.15) is 5.84 Å². The van der Waals surface area contributed by atoms with E-state index in [4.69, 9.17) is 17.5 Å². The first-order chi connectivity index (χ1) is 6.16. The Bertz CT molecular complexity index is 356. The van der Waals surface area contributed by atoms with E-state index in [1.165, 1.54) is 4.42 Å². The third-order valence-corrected chi connectivity index (χ3v) is 2.19. The van der Waals surface area contributed by atoms with Gasteiger partial charge in [0.25, 0.3) is 0 Å². The molecule has 0 bridgehead atoms. The maximum Gasteiger partial charge on any atom is 0.170 e. The standard InChI is InChI=1S/C8H8ClN3O/c9-12-2-1-6-5(4-12)7(13)3-8(10)11-6/h1-2H,3-4H2,(H2,10,11). The van der Waals surface area contributed by atoms with Crippen molar-refractivity contribution in [2.24, 2.45) is 10.7 Å². The predicted molar refractivity (Wildman–Crippen MR) is 50.0 cm³/mol. The maximum absolute atomic E-state index is 11.4. The van der Waals surface area contributed by atoms with Crippen LogP contribution < -0.4 is 5.73 Å². The highest BCUT2D eigenvalue weighted by Gasteiger charge is 2.23. The molecule has 0 saturated carbocycles. The highest BCUT2D eigenvalue weighted by Crippen LogP contribution is 2.22. The van der Waals surface area contributed by atoms with Gasteiger partial charge in [0.15, 0.2) is 5.78 Å². The van der Waals surface area contributed by atoms with Crippen LogP contribution in [0, 0.1) is 0 Å². The summed E-state index contributed by atoms with van der Waals surface area (Å²) in [7, 11) is 0. The molecule has 5 heteroatoms. The van der Waals surface area contributed by atoms with Crippen molar-refractivity contribution in [3.05, 3.63) is 23.5 Å². The molecule has 13 heavy (non-hydrogen) atoms. The van der Waals surface area contributed by atoms with Gasteiger partial charge in [-0.25, -0.2) is 4.99 Å². The number of allylic oxidation sites excluding steroid dienone is 1. The molecule has 68 valence electrons. The normalized spacial score (nSPS) is 21.8. The van der Waals surface area contributed by atoms with E-state index < -0.39 is 0 Å². The van der Waals surface area contributed by atoms with E-state index in [0.29, 0.717) is 23.7 Å². The molecule has 0 aromatic rings. The zero-order valence-electron chi connectivity index (χ0n) is 6.83. The molecule has 2 aliphatic heterocycles. The van der Waals surface area contributed by atoms with Gasteiger partial charge >= 0.3 is 0 Å². The Morgan fingerprint density at radius 1 is 1.62 bits per heavy atom. The minimum absolute atomic E-state index is 0.0116. The number of hydrogen-bond acceptors (Lipinski definition) is 4. The number of nitrogens with zero attached hydrogens (tertiary/aromatic N) is 2. The lowest BCUT2D eigenvalue weighted by Crippen LogP contribution is -2.28. The quantitative estimate of drug-likeness (QED) is 0.577. The molecule has 2 heterocycles. The van der Waals surface area contributed by atoms with Crippen molar-refractivity contribution in [3.63, 3.8) is 0 Å². The minimum atomic E-state index is 0.0116. The fourth-order valence-corrected chi connectivity index (χ4v) is 1.51. The zero-order chi connectivity index (χ0) is 9.42. The average molecular weight is 198 g/mol. The van der Waals surface area contributed by atoms with Gasteiger partial charge < -0.3 is 5.73 Å². The largest absolute Gasteiger partial charge is 0.387 e. The first-order valence-corrected chi connectivity index (χ1v) is 4.20. The topological polar surface area (TPSA) is 58.7 Å². The first-order valence-electron chi connectivity index (χ1n) is 3.87. The van der Waals surface area contributed by atoms with Crippen LogP contribution >= 0.6 is 11.8 Å². The number of amidine groups is 1. The number of halogens is 1. The zero-order valence-corrected chi connectivity index (χ0v) is 7.58. The van der Waals surface area contributed by atoms with Gasteiger partial charge in [-0.3, -0.25) is 9.21 Å². The van der Waals surface area contributed by atoms with Crippen molar-refractivity contribution in [2.45, 2.75) is 6.42 Å². The van der Waals surface area contributed by atoms with Crippen LogP contribution in [0.3, 0.4) is 0 Å². The van der Waals surface area contributed by atoms with E-state index in [1.807, 2.05) is 0 Å². The summed E-state index contributed by atoms with van der Waals surface area (Å²) >= 11 is 5.72. The summed E-state index contributed by atoms with van der Waals surface area (Å²) in [6.45, 7) is 0.406. The average Bonchev–Trinajstić information content (AvgIpc) is 2.06. The highest BCUT2D eigenvalue weighted by atomic mass is 35.5. The van der Waals surface area contributed by atoms with Crippen molar-refractivity contribution in [3.8, 4) is 0 Å². The van der Waals surface area contributed by atoms with Gasteiger partial charge in [-0.15, -0.1) is 0 Å². The Morgan fingerprint density at radius 2 is 2.38 bits per heavy atom. The van der Waals surface area contributed by atoms with E-state index in [0.717, 1.165) is 0 Å². The van der Waals surface area contributed by atoms with Gasteiger partial charge in [0, 0.05) is 23.5 Å². The van der Waals surface area contributed by atoms with E-state index in [-0.39, 0.29) is 12.2 Å². The molecule has 2 rings (SSSR count). The first kappa shape index (κ1) is 8.31. The second kappa shape index (κ2) is 2.88. The van der Waals surface area contributed by atoms with E-state index in [1.54, 1.807) is 12.3 Å². The smallest absolute Gasteiger partial charge is 0.170 e. The lowest BCUT2D eigenvalue weighted by atomic mass is 10.0. The van der Waals surface area contributed by atoms with Crippen molar-refractivity contribution < 1.29 is 4.79 Å². The number of carbonyl (C=O) groups excluding carboxylic acids is 1. The molecular formula is C8H8ClN3O. The van der Waals surface area contributed by atoms with Gasteiger partial charge in [0.05, 0.1) is 18.7 Å². The second-order valence-corrected chi connectivity index (χ2v) is 3.37. The van der Waals surface area contributed by atoms with Crippen LogP contribution in [0.5, 0.6) is 0 Å². The van der Waals surface area contributed by atoms with Crippen LogP contribution in [0.2, 0.25) is 0 Å².